The number of anilines is 2. The van der Waals surface area contributed by atoms with E-state index < -0.39 is 0 Å². The smallest absolute Gasteiger partial charge is 0.210 e. The first-order chi connectivity index (χ1) is 15.9. The normalized spacial score (nSPS) is 15.6. The van der Waals surface area contributed by atoms with Crippen molar-refractivity contribution in [3.63, 3.8) is 0 Å². The molecule has 2 aliphatic rings. The highest BCUT2D eigenvalue weighted by molar-refractivity contribution is 7.99. The number of rotatable bonds is 5. The number of thioether (sulfide) groups is 1. The predicted octanol–water partition coefficient (Wildman–Crippen LogP) is 3.29. The van der Waals surface area contributed by atoms with E-state index >= 15 is 0 Å². The quantitative estimate of drug-likeness (QED) is 0.501. The Balaban J connectivity index is 1.25. The molecule has 32 heavy (non-hydrogen) atoms. The highest BCUT2D eigenvalue weighted by Crippen LogP contribution is 2.29. The molecule has 1 N–H and O–H groups in total. The summed E-state index contributed by atoms with van der Waals surface area (Å²) >= 11 is 2.00. The maximum atomic E-state index is 5.68. The van der Waals surface area contributed by atoms with Crippen LogP contribution in [0.5, 0.6) is 5.75 Å². The van der Waals surface area contributed by atoms with Gasteiger partial charge in [-0.1, -0.05) is 12.1 Å². The fourth-order valence-corrected chi connectivity index (χ4v) is 5.21. The lowest BCUT2D eigenvalue weighted by molar-refractivity contribution is 0.357. The number of pyridine rings is 1. The second kappa shape index (κ2) is 8.31. The molecule has 1 fully saturated rings. The van der Waals surface area contributed by atoms with Crippen molar-refractivity contribution >= 4 is 29.2 Å². The summed E-state index contributed by atoms with van der Waals surface area (Å²) in [5.74, 6) is 5.03. The van der Waals surface area contributed by atoms with Gasteiger partial charge in [0.1, 0.15) is 17.9 Å². The summed E-state index contributed by atoms with van der Waals surface area (Å²) in [6.07, 6.45) is 6.39. The lowest BCUT2D eigenvalue weighted by atomic mass is 10.1. The van der Waals surface area contributed by atoms with Crippen LogP contribution in [-0.4, -0.2) is 55.8 Å². The van der Waals surface area contributed by atoms with Crippen molar-refractivity contribution in [2.45, 2.75) is 13.0 Å². The number of ether oxygens (including phenoxy) is 1. The first-order valence-electron chi connectivity index (χ1n) is 10.8. The fourth-order valence-electron chi connectivity index (χ4n) is 4.31. The van der Waals surface area contributed by atoms with Crippen molar-refractivity contribution in [2.75, 3.05) is 41.4 Å². The summed E-state index contributed by atoms with van der Waals surface area (Å²) in [5, 5.41) is 11.9. The largest absolute Gasteiger partial charge is 0.493 e. The van der Waals surface area contributed by atoms with Crippen LogP contribution in [0.25, 0.3) is 16.8 Å². The zero-order chi connectivity index (χ0) is 21.3. The van der Waals surface area contributed by atoms with E-state index in [-0.39, 0.29) is 0 Å². The number of fused-ring (bicyclic) bond motifs is 2. The van der Waals surface area contributed by atoms with E-state index in [9.17, 15) is 0 Å². The van der Waals surface area contributed by atoms with Gasteiger partial charge < -0.3 is 15.0 Å². The van der Waals surface area contributed by atoms with Crippen LogP contribution in [0.2, 0.25) is 0 Å². The van der Waals surface area contributed by atoms with Gasteiger partial charge in [-0.05, 0) is 23.8 Å². The van der Waals surface area contributed by atoms with Crippen molar-refractivity contribution in [2.24, 2.45) is 0 Å². The molecule has 162 valence electrons. The molecule has 0 radical (unpaired) electrons. The minimum absolute atomic E-state index is 0.663. The molecule has 5 heterocycles. The molecule has 0 aliphatic carbocycles. The molecular formula is C23H23N7OS. The molecule has 6 rings (SSSR count). The van der Waals surface area contributed by atoms with Gasteiger partial charge in [0.05, 0.1) is 6.61 Å². The van der Waals surface area contributed by atoms with Crippen LogP contribution in [-0.2, 0) is 13.0 Å². The highest BCUT2D eigenvalue weighted by atomic mass is 32.2. The summed E-state index contributed by atoms with van der Waals surface area (Å²) in [4.78, 5) is 11.7. The highest BCUT2D eigenvalue weighted by Gasteiger charge is 2.17. The average molecular weight is 446 g/mol. The fraction of sp³-hybridized carbons (Fsp3) is 0.304. The topological polar surface area (TPSA) is 80.5 Å². The Kier molecular flexibility index (Phi) is 5.03. The Hall–Kier alpha value is -3.33. The molecule has 1 aromatic carbocycles. The van der Waals surface area contributed by atoms with Gasteiger partial charge in [0.15, 0.2) is 5.65 Å². The van der Waals surface area contributed by atoms with Crippen molar-refractivity contribution in [1.82, 2.24) is 24.6 Å². The minimum atomic E-state index is 0.663. The molecule has 4 aromatic rings. The number of benzene rings is 1. The third-order valence-electron chi connectivity index (χ3n) is 6.00. The Labute approximate surface area is 190 Å². The Bertz CT molecular complexity index is 1250. The van der Waals surface area contributed by atoms with Crippen LogP contribution in [0.1, 0.15) is 11.1 Å². The van der Waals surface area contributed by atoms with Crippen LogP contribution in [0.4, 0.5) is 11.8 Å². The van der Waals surface area contributed by atoms with Crippen molar-refractivity contribution in [1.29, 1.82) is 0 Å². The lowest BCUT2D eigenvalue weighted by Crippen LogP contribution is -2.32. The average Bonchev–Trinajstić information content (AvgIpc) is 3.54. The van der Waals surface area contributed by atoms with Crippen LogP contribution >= 0.6 is 11.8 Å². The predicted molar refractivity (Wildman–Crippen MR) is 127 cm³/mol. The van der Waals surface area contributed by atoms with E-state index in [0.717, 1.165) is 66.0 Å². The zero-order valence-electron chi connectivity index (χ0n) is 17.6. The monoisotopic (exact) mass is 445 g/mol. The molecular weight excluding hydrogens is 422 g/mol. The second-order valence-corrected chi connectivity index (χ2v) is 9.10. The Morgan fingerprint density at radius 2 is 2.00 bits per heavy atom. The molecule has 0 unspecified atom stereocenters. The zero-order valence-corrected chi connectivity index (χ0v) is 18.4. The number of nitrogens with one attached hydrogen (secondary N) is 1. The third-order valence-corrected chi connectivity index (χ3v) is 6.95. The molecule has 9 heteroatoms. The van der Waals surface area contributed by atoms with Crippen LogP contribution in [0.15, 0.2) is 49.1 Å². The molecule has 0 atom stereocenters. The van der Waals surface area contributed by atoms with Crippen molar-refractivity contribution in [3.8, 4) is 16.9 Å². The van der Waals surface area contributed by atoms with Crippen LogP contribution in [0.3, 0.4) is 0 Å². The SMILES string of the molecule is c1cc(CNc2ncc(-c3ccc(N4CCSCC4)nc3)c3nncn23)c2c(c1)OCC2. The van der Waals surface area contributed by atoms with E-state index in [0.29, 0.717) is 12.5 Å². The van der Waals surface area contributed by atoms with Gasteiger partial charge in [-0.25, -0.2) is 9.97 Å². The third kappa shape index (κ3) is 3.52. The second-order valence-electron chi connectivity index (χ2n) is 7.87. The van der Waals surface area contributed by atoms with Gasteiger partial charge in [0, 0.05) is 66.6 Å². The van der Waals surface area contributed by atoms with Gasteiger partial charge in [-0.3, -0.25) is 4.40 Å². The Morgan fingerprint density at radius 1 is 1.06 bits per heavy atom. The molecule has 2 aliphatic heterocycles. The summed E-state index contributed by atoms with van der Waals surface area (Å²) in [6.45, 7) is 3.50. The number of hydrogen-bond acceptors (Lipinski definition) is 8. The summed E-state index contributed by atoms with van der Waals surface area (Å²) in [7, 11) is 0. The van der Waals surface area contributed by atoms with Gasteiger partial charge in [-0.15, -0.1) is 10.2 Å². The number of aromatic nitrogens is 5. The summed E-state index contributed by atoms with van der Waals surface area (Å²) in [5.41, 5.74) is 5.15. The van der Waals surface area contributed by atoms with Crippen LogP contribution in [0, 0.1) is 0 Å². The first-order valence-corrected chi connectivity index (χ1v) is 12.0. The van der Waals surface area contributed by atoms with Gasteiger partial charge in [0.2, 0.25) is 5.95 Å². The molecule has 1 saturated heterocycles. The summed E-state index contributed by atoms with van der Waals surface area (Å²) < 4.78 is 7.58. The first kappa shape index (κ1) is 19.4. The summed E-state index contributed by atoms with van der Waals surface area (Å²) in [6, 6.07) is 10.4. The van der Waals surface area contributed by atoms with E-state index in [2.05, 4.69) is 43.6 Å². The molecule has 0 amide bonds. The van der Waals surface area contributed by atoms with Crippen molar-refractivity contribution in [3.05, 3.63) is 60.2 Å². The van der Waals surface area contributed by atoms with E-state index in [1.807, 2.05) is 40.7 Å². The lowest BCUT2D eigenvalue weighted by Gasteiger charge is -2.27. The molecule has 0 bridgehead atoms. The van der Waals surface area contributed by atoms with Crippen molar-refractivity contribution < 1.29 is 4.74 Å². The van der Waals surface area contributed by atoms with E-state index in [4.69, 9.17) is 9.72 Å². The van der Waals surface area contributed by atoms with Gasteiger partial charge >= 0.3 is 0 Å². The number of hydrogen-bond donors (Lipinski definition) is 1. The maximum Gasteiger partial charge on any atom is 0.210 e. The number of nitrogens with zero attached hydrogens (tertiary/aromatic N) is 6. The van der Waals surface area contributed by atoms with Gasteiger partial charge in [-0.2, -0.15) is 11.8 Å². The van der Waals surface area contributed by atoms with Gasteiger partial charge in [0.25, 0.3) is 0 Å². The standard InChI is InChI=1S/C23H23N7OS/c1-2-16(18-6-9-31-20(18)3-1)13-25-23-26-14-19(22-28-27-15-30(22)23)17-4-5-21(24-12-17)29-7-10-32-11-8-29/h1-5,12,14-15H,6-11,13H2,(H,25,26). The molecule has 8 nitrogen and oxygen atoms in total. The van der Waals surface area contributed by atoms with E-state index in [1.54, 1.807) is 6.33 Å². The molecule has 0 saturated carbocycles. The molecule has 0 spiro atoms. The Morgan fingerprint density at radius 3 is 2.88 bits per heavy atom. The molecule has 3 aromatic heterocycles. The van der Waals surface area contributed by atoms with Crippen LogP contribution < -0.4 is 15.0 Å². The van der Waals surface area contributed by atoms with E-state index in [1.165, 1.54) is 11.1 Å². The minimum Gasteiger partial charge on any atom is -0.493 e. The maximum absolute atomic E-state index is 5.68.